The summed E-state index contributed by atoms with van der Waals surface area (Å²) >= 11 is 0. The fourth-order valence-corrected chi connectivity index (χ4v) is 5.31. The van der Waals surface area contributed by atoms with E-state index in [1.807, 2.05) is 84.4 Å². The predicted octanol–water partition coefficient (Wildman–Crippen LogP) is 3.34. The van der Waals surface area contributed by atoms with E-state index in [4.69, 9.17) is 4.74 Å². The van der Waals surface area contributed by atoms with E-state index in [-0.39, 0.29) is 11.8 Å². The van der Waals surface area contributed by atoms with E-state index in [1.54, 1.807) is 17.2 Å². The third-order valence-electron chi connectivity index (χ3n) is 7.81. The van der Waals surface area contributed by atoms with Crippen molar-refractivity contribution in [1.82, 2.24) is 34.9 Å². The molecule has 43 heavy (non-hydrogen) atoms. The van der Waals surface area contributed by atoms with E-state index >= 15 is 0 Å². The van der Waals surface area contributed by atoms with Gasteiger partial charge in [-0.05, 0) is 41.5 Å². The molecule has 1 fully saturated rings. The molecule has 5 aromatic rings. The Bertz CT molecular complexity index is 1700. The number of carbonyl (C=O) groups excluding carboxylic acids is 2. The van der Waals surface area contributed by atoms with Crippen molar-refractivity contribution in [2.75, 3.05) is 39.4 Å². The van der Waals surface area contributed by atoms with E-state index in [9.17, 15) is 9.59 Å². The minimum atomic E-state index is -0.153. The lowest BCUT2D eigenvalue weighted by atomic mass is 10.1. The fraction of sp³-hybridized carbons (Fsp3) is 0.273. The molecule has 10 nitrogen and oxygen atoms in total. The molecule has 0 aliphatic carbocycles. The molecule has 6 rings (SSSR count). The summed E-state index contributed by atoms with van der Waals surface area (Å²) in [6, 6.07) is 23.6. The van der Waals surface area contributed by atoms with E-state index in [0.29, 0.717) is 30.6 Å². The number of hydrogen-bond donors (Lipinski definition) is 2. The van der Waals surface area contributed by atoms with Crippen LogP contribution in [0.5, 0.6) is 0 Å². The van der Waals surface area contributed by atoms with Gasteiger partial charge in [0.1, 0.15) is 6.33 Å². The first-order valence-corrected chi connectivity index (χ1v) is 14.5. The van der Waals surface area contributed by atoms with Gasteiger partial charge in [-0.15, -0.1) is 0 Å². The van der Waals surface area contributed by atoms with E-state index in [0.717, 1.165) is 66.4 Å². The van der Waals surface area contributed by atoms with Crippen molar-refractivity contribution < 1.29 is 14.3 Å². The van der Waals surface area contributed by atoms with Gasteiger partial charge in [-0.25, -0.2) is 4.98 Å². The Morgan fingerprint density at radius 2 is 1.70 bits per heavy atom. The van der Waals surface area contributed by atoms with Crippen LogP contribution in [0.15, 0.2) is 85.3 Å². The Hall–Kier alpha value is -4.80. The number of rotatable bonds is 10. The van der Waals surface area contributed by atoms with Crippen LogP contribution in [0.4, 0.5) is 0 Å². The standard InChI is InChI=1S/C33H35N7O3/c1-38-30(19-24-5-3-2-4-6-24)28(22-37-38)33(42)35-21-25-7-10-27(11-8-25)40-23-36-29-12-9-26(20-31(29)40)32(41)34-13-14-39-15-17-43-18-16-39/h2-12,20,22-23H,13-19,21H2,1H3,(H,34,41)(H,35,42). The number of aromatic nitrogens is 4. The number of aryl methyl sites for hydroxylation is 1. The summed E-state index contributed by atoms with van der Waals surface area (Å²) < 4.78 is 9.11. The number of benzene rings is 3. The van der Waals surface area contributed by atoms with Gasteiger partial charge in [0.2, 0.25) is 0 Å². The van der Waals surface area contributed by atoms with Crippen LogP contribution < -0.4 is 10.6 Å². The molecular weight excluding hydrogens is 542 g/mol. The number of imidazole rings is 1. The normalized spacial score (nSPS) is 13.7. The van der Waals surface area contributed by atoms with Crippen LogP contribution >= 0.6 is 0 Å². The third-order valence-corrected chi connectivity index (χ3v) is 7.81. The first kappa shape index (κ1) is 28.3. The first-order chi connectivity index (χ1) is 21.0. The number of ether oxygens (including phenoxy) is 1. The first-order valence-electron chi connectivity index (χ1n) is 14.5. The van der Waals surface area contributed by atoms with Crippen LogP contribution in [-0.4, -0.2) is 75.4 Å². The fourth-order valence-electron chi connectivity index (χ4n) is 5.31. The maximum Gasteiger partial charge on any atom is 0.255 e. The topological polar surface area (TPSA) is 106 Å². The minimum Gasteiger partial charge on any atom is -0.379 e. The van der Waals surface area contributed by atoms with Crippen molar-refractivity contribution in [3.63, 3.8) is 0 Å². The van der Waals surface area contributed by atoms with Crippen LogP contribution in [0.3, 0.4) is 0 Å². The zero-order chi connectivity index (χ0) is 29.6. The Kier molecular flexibility index (Phi) is 8.57. The molecule has 2 aromatic heterocycles. The van der Waals surface area contributed by atoms with Crippen molar-refractivity contribution in [2.24, 2.45) is 7.05 Å². The summed E-state index contributed by atoms with van der Waals surface area (Å²) in [5, 5.41) is 10.4. The summed E-state index contributed by atoms with van der Waals surface area (Å²) in [5.74, 6) is -0.256. The van der Waals surface area contributed by atoms with Crippen molar-refractivity contribution >= 4 is 22.8 Å². The molecule has 2 amide bonds. The van der Waals surface area contributed by atoms with Gasteiger partial charge in [0, 0.05) is 57.4 Å². The number of hydrogen-bond acceptors (Lipinski definition) is 6. The van der Waals surface area contributed by atoms with E-state index in [2.05, 4.69) is 25.6 Å². The molecule has 0 unspecified atom stereocenters. The number of morpholine rings is 1. The second-order valence-corrected chi connectivity index (χ2v) is 10.7. The second-order valence-electron chi connectivity index (χ2n) is 10.7. The van der Waals surface area contributed by atoms with E-state index in [1.165, 1.54) is 0 Å². The zero-order valence-electron chi connectivity index (χ0n) is 24.2. The molecule has 10 heteroatoms. The van der Waals surface area contributed by atoms with E-state index < -0.39 is 0 Å². The molecule has 220 valence electrons. The number of nitrogens with one attached hydrogen (secondary N) is 2. The molecule has 3 heterocycles. The van der Waals surface area contributed by atoms with Crippen LogP contribution in [-0.2, 0) is 24.8 Å². The smallest absolute Gasteiger partial charge is 0.255 e. The monoisotopic (exact) mass is 577 g/mol. The number of carbonyl (C=O) groups is 2. The largest absolute Gasteiger partial charge is 0.379 e. The van der Waals surface area contributed by atoms with Gasteiger partial charge >= 0.3 is 0 Å². The molecule has 2 N–H and O–H groups in total. The predicted molar refractivity (Wildman–Crippen MR) is 164 cm³/mol. The van der Waals surface area contributed by atoms with Gasteiger partial charge in [-0.3, -0.25) is 23.7 Å². The lowest BCUT2D eigenvalue weighted by Crippen LogP contribution is -2.41. The number of nitrogens with zero attached hydrogens (tertiary/aromatic N) is 5. The summed E-state index contributed by atoms with van der Waals surface area (Å²) in [6.45, 7) is 5.05. The Balaban J connectivity index is 1.08. The van der Waals surface area contributed by atoms with Crippen LogP contribution in [0.25, 0.3) is 16.7 Å². The summed E-state index contributed by atoms with van der Waals surface area (Å²) in [6.07, 6.45) is 4.02. The number of fused-ring (bicyclic) bond motifs is 1. The van der Waals surface area contributed by atoms with Gasteiger partial charge in [-0.1, -0.05) is 42.5 Å². The molecule has 1 aliphatic rings. The average Bonchev–Trinajstić information content (AvgIpc) is 3.64. The Morgan fingerprint density at radius 1 is 0.907 bits per heavy atom. The molecule has 3 aromatic carbocycles. The Labute approximate surface area is 250 Å². The maximum absolute atomic E-state index is 13.1. The highest BCUT2D eigenvalue weighted by Crippen LogP contribution is 2.21. The van der Waals surface area contributed by atoms with Crippen LogP contribution in [0, 0.1) is 0 Å². The molecule has 0 bridgehead atoms. The van der Waals surface area contributed by atoms with Crippen molar-refractivity contribution in [3.05, 3.63) is 113 Å². The zero-order valence-corrected chi connectivity index (χ0v) is 24.2. The third kappa shape index (κ3) is 6.66. The highest BCUT2D eigenvalue weighted by atomic mass is 16.5. The average molecular weight is 578 g/mol. The maximum atomic E-state index is 13.1. The molecule has 0 radical (unpaired) electrons. The van der Waals surface area contributed by atoms with Gasteiger partial charge < -0.3 is 15.4 Å². The van der Waals surface area contributed by atoms with Gasteiger partial charge in [0.25, 0.3) is 11.8 Å². The SMILES string of the molecule is Cn1ncc(C(=O)NCc2ccc(-n3cnc4ccc(C(=O)NCCN5CCOCC5)cc43)cc2)c1Cc1ccccc1. The van der Waals surface area contributed by atoms with Crippen LogP contribution in [0.2, 0.25) is 0 Å². The minimum absolute atomic E-state index is 0.102. The number of amides is 2. The highest BCUT2D eigenvalue weighted by molar-refractivity contribution is 5.97. The summed E-state index contributed by atoms with van der Waals surface area (Å²) in [4.78, 5) is 32.7. The van der Waals surface area contributed by atoms with Crippen molar-refractivity contribution in [2.45, 2.75) is 13.0 Å². The molecule has 0 atom stereocenters. The molecule has 0 saturated carbocycles. The molecule has 0 spiro atoms. The lowest BCUT2D eigenvalue weighted by Gasteiger charge is -2.26. The van der Waals surface area contributed by atoms with Crippen molar-refractivity contribution in [3.8, 4) is 5.69 Å². The lowest BCUT2D eigenvalue weighted by molar-refractivity contribution is 0.0383. The molecular formula is C33H35N7O3. The quantitative estimate of drug-likeness (QED) is 0.264. The van der Waals surface area contributed by atoms with Gasteiger partial charge in [0.15, 0.2) is 0 Å². The molecule has 1 aliphatic heterocycles. The van der Waals surface area contributed by atoms with Crippen molar-refractivity contribution in [1.29, 1.82) is 0 Å². The van der Waals surface area contributed by atoms with Gasteiger partial charge in [0.05, 0.1) is 41.7 Å². The molecule has 1 saturated heterocycles. The Morgan fingerprint density at radius 3 is 2.49 bits per heavy atom. The summed E-state index contributed by atoms with van der Waals surface area (Å²) in [5.41, 5.74) is 6.71. The highest BCUT2D eigenvalue weighted by Gasteiger charge is 2.17. The van der Waals surface area contributed by atoms with Gasteiger partial charge in [-0.2, -0.15) is 5.10 Å². The van der Waals surface area contributed by atoms with Crippen LogP contribution in [0.1, 0.15) is 37.5 Å². The summed E-state index contributed by atoms with van der Waals surface area (Å²) in [7, 11) is 1.86. The second kappa shape index (κ2) is 13.0.